The minimum atomic E-state index is -0.548. The summed E-state index contributed by atoms with van der Waals surface area (Å²) in [5.74, 6) is -0.339. The van der Waals surface area contributed by atoms with Gasteiger partial charge in [-0.1, -0.05) is 11.6 Å². The molecule has 1 saturated heterocycles. The Morgan fingerprint density at radius 1 is 1.60 bits per heavy atom. The Morgan fingerprint density at radius 3 is 2.95 bits per heavy atom. The molecule has 0 saturated carbocycles. The summed E-state index contributed by atoms with van der Waals surface area (Å²) in [5.41, 5.74) is -0.00960. The monoisotopic (exact) mass is 298 g/mol. The predicted molar refractivity (Wildman–Crippen MR) is 74.0 cm³/mol. The number of hydrogen-bond acceptors (Lipinski definition) is 4. The number of likely N-dealkylation sites (N-methyl/N-ethyl adjacent to an activating group) is 1. The SMILES string of the molecule is CN(CC1CCCO1)C(=O)c1cc([N+](=O)[O-])ccc1Cl. The third kappa shape index (κ3) is 3.26. The van der Waals surface area contributed by atoms with Crippen molar-refractivity contribution in [3.05, 3.63) is 38.9 Å². The number of rotatable bonds is 4. The maximum atomic E-state index is 12.3. The molecule has 1 aliphatic rings. The van der Waals surface area contributed by atoms with E-state index in [-0.39, 0.29) is 28.3 Å². The normalized spacial score (nSPS) is 18.0. The van der Waals surface area contributed by atoms with Crippen molar-refractivity contribution in [3.63, 3.8) is 0 Å². The third-order valence-electron chi connectivity index (χ3n) is 3.24. The second-order valence-corrected chi connectivity index (χ2v) is 5.15. The van der Waals surface area contributed by atoms with Gasteiger partial charge in [0.05, 0.1) is 21.6 Å². The van der Waals surface area contributed by atoms with Gasteiger partial charge in [-0.25, -0.2) is 0 Å². The second-order valence-electron chi connectivity index (χ2n) is 4.74. The highest BCUT2D eigenvalue weighted by Gasteiger charge is 2.23. The first kappa shape index (κ1) is 14.7. The van der Waals surface area contributed by atoms with Crippen molar-refractivity contribution >= 4 is 23.2 Å². The Balaban J connectivity index is 2.14. The van der Waals surface area contributed by atoms with Gasteiger partial charge in [-0.2, -0.15) is 0 Å². The number of nitro benzene ring substituents is 1. The van der Waals surface area contributed by atoms with E-state index in [1.165, 1.54) is 23.1 Å². The molecule has 108 valence electrons. The standard InChI is InChI=1S/C13H15ClN2O4/c1-15(8-10-3-2-6-20-10)13(17)11-7-9(16(18)19)4-5-12(11)14/h4-5,7,10H,2-3,6,8H2,1H3. The minimum absolute atomic E-state index is 0.0291. The quantitative estimate of drug-likeness (QED) is 0.632. The van der Waals surface area contributed by atoms with Gasteiger partial charge in [0, 0.05) is 32.3 Å². The van der Waals surface area contributed by atoms with E-state index in [4.69, 9.17) is 16.3 Å². The van der Waals surface area contributed by atoms with Gasteiger partial charge in [-0.05, 0) is 18.9 Å². The molecule has 1 unspecified atom stereocenters. The first-order chi connectivity index (χ1) is 9.49. The van der Waals surface area contributed by atoms with E-state index >= 15 is 0 Å². The highest BCUT2D eigenvalue weighted by atomic mass is 35.5. The van der Waals surface area contributed by atoms with Crippen molar-refractivity contribution in [2.24, 2.45) is 0 Å². The molecule has 0 bridgehead atoms. The van der Waals surface area contributed by atoms with Crippen LogP contribution in [-0.4, -0.2) is 42.0 Å². The van der Waals surface area contributed by atoms with Crippen LogP contribution < -0.4 is 0 Å². The Hall–Kier alpha value is -1.66. The van der Waals surface area contributed by atoms with Gasteiger partial charge in [-0.15, -0.1) is 0 Å². The Kier molecular flexibility index (Phi) is 4.57. The van der Waals surface area contributed by atoms with Gasteiger partial charge in [-0.3, -0.25) is 14.9 Å². The molecule has 20 heavy (non-hydrogen) atoms. The van der Waals surface area contributed by atoms with Crippen LogP contribution in [0.4, 0.5) is 5.69 Å². The van der Waals surface area contributed by atoms with Crippen molar-refractivity contribution in [3.8, 4) is 0 Å². The van der Waals surface area contributed by atoms with Crippen LogP contribution in [0.5, 0.6) is 0 Å². The molecule has 1 amide bonds. The lowest BCUT2D eigenvalue weighted by atomic mass is 10.1. The fourth-order valence-electron chi connectivity index (χ4n) is 2.17. The van der Waals surface area contributed by atoms with Gasteiger partial charge < -0.3 is 9.64 Å². The van der Waals surface area contributed by atoms with Crippen LogP contribution in [-0.2, 0) is 4.74 Å². The van der Waals surface area contributed by atoms with E-state index in [1.807, 2.05) is 0 Å². The smallest absolute Gasteiger partial charge is 0.270 e. The number of amides is 1. The molecular weight excluding hydrogens is 284 g/mol. The van der Waals surface area contributed by atoms with Crippen LogP contribution in [0.25, 0.3) is 0 Å². The first-order valence-electron chi connectivity index (χ1n) is 6.30. The summed E-state index contributed by atoms with van der Waals surface area (Å²) in [7, 11) is 1.64. The van der Waals surface area contributed by atoms with Crippen molar-refractivity contribution in [2.75, 3.05) is 20.2 Å². The molecule has 2 rings (SSSR count). The molecule has 0 aliphatic carbocycles. The van der Waals surface area contributed by atoms with E-state index < -0.39 is 4.92 Å². The lowest BCUT2D eigenvalue weighted by molar-refractivity contribution is -0.384. The maximum Gasteiger partial charge on any atom is 0.270 e. The zero-order chi connectivity index (χ0) is 14.7. The number of ether oxygens (including phenoxy) is 1. The molecule has 1 atom stereocenters. The number of nitro groups is 1. The van der Waals surface area contributed by atoms with E-state index in [2.05, 4.69) is 0 Å². The lowest BCUT2D eigenvalue weighted by Crippen LogP contribution is -2.34. The fourth-order valence-corrected chi connectivity index (χ4v) is 2.37. The molecule has 0 radical (unpaired) electrons. The van der Waals surface area contributed by atoms with Crippen LogP contribution in [0.15, 0.2) is 18.2 Å². The van der Waals surface area contributed by atoms with Crippen molar-refractivity contribution in [1.29, 1.82) is 0 Å². The van der Waals surface area contributed by atoms with Gasteiger partial charge in [0.25, 0.3) is 11.6 Å². The molecular formula is C13H15ClN2O4. The van der Waals surface area contributed by atoms with Crippen LogP contribution in [0, 0.1) is 10.1 Å². The van der Waals surface area contributed by atoms with Crippen molar-refractivity contribution in [1.82, 2.24) is 4.90 Å². The highest BCUT2D eigenvalue weighted by molar-refractivity contribution is 6.33. The van der Waals surface area contributed by atoms with Gasteiger partial charge in [0.15, 0.2) is 0 Å². The van der Waals surface area contributed by atoms with E-state index in [1.54, 1.807) is 7.05 Å². The molecule has 0 N–H and O–H groups in total. The van der Waals surface area contributed by atoms with Crippen molar-refractivity contribution in [2.45, 2.75) is 18.9 Å². The Bertz CT molecular complexity index is 529. The Morgan fingerprint density at radius 2 is 2.35 bits per heavy atom. The van der Waals surface area contributed by atoms with E-state index in [9.17, 15) is 14.9 Å². The number of carbonyl (C=O) groups excluding carboxylic acids is 1. The minimum Gasteiger partial charge on any atom is -0.376 e. The number of carbonyl (C=O) groups is 1. The number of benzene rings is 1. The van der Waals surface area contributed by atoms with Crippen LogP contribution in [0.1, 0.15) is 23.2 Å². The molecule has 1 fully saturated rings. The molecule has 0 aromatic heterocycles. The summed E-state index contributed by atoms with van der Waals surface area (Å²) in [6.45, 7) is 1.17. The molecule has 0 spiro atoms. The highest BCUT2D eigenvalue weighted by Crippen LogP contribution is 2.23. The third-order valence-corrected chi connectivity index (χ3v) is 3.57. The van der Waals surface area contributed by atoms with Crippen molar-refractivity contribution < 1.29 is 14.5 Å². The van der Waals surface area contributed by atoms with Gasteiger partial charge in [0.1, 0.15) is 0 Å². The second kappa shape index (κ2) is 6.19. The molecule has 7 heteroatoms. The number of nitrogens with zero attached hydrogens (tertiary/aromatic N) is 2. The van der Waals surface area contributed by atoms with Crippen LogP contribution >= 0.6 is 11.6 Å². The summed E-state index contributed by atoms with van der Waals surface area (Å²) in [6.07, 6.45) is 1.94. The van der Waals surface area contributed by atoms with Crippen LogP contribution in [0.2, 0.25) is 5.02 Å². The zero-order valence-corrected chi connectivity index (χ0v) is 11.8. The summed E-state index contributed by atoms with van der Waals surface area (Å²) in [6, 6.07) is 3.85. The predicted octanol–water partition coefficient (Wildman–Crippen LogP) is 2.50. The summed E-state index contributed by atoms with van der Waals surface area (Å²) >= 11 is 5.96. The molecule has 1 heterocycles. The van der Waals surface area contributed by atoms with Crippen LogP contribution in [0.3, 0.4) is 0 Å². The number of non-ortho nitro benzene ring substituents is 1. The molecule has 1 aromatic rings. The summed E-state index contributed by atoms with van der Waals surface area (Å²) < 4.78 is 5.47. The lowest BCUT2D eigenvalue weighted by Gasteiger charge is -2.21. The zero-order valence-electron chi connectivity index (χ0n) is 11.0. The van der Waals surface area contributed by atoms with Gasteiger partial charge in [0.2, 0.25) is 0 Å². The average Bonchev–Trinajstić information content (AvgIpc) is 2.91. The average molecular weight is 299 g/mol. The number of hydrogen-bond donors (Lipinski definition) is 0. The molecule has 6 nitrogen and oxygen atoms in total. The van der Waals surface area contributed by atoms with Gasteiger partial charge >= 0.3 is 0 Å². The molecule has 1 aromatic carbocycles. The summed E-state index contributed by atoms with van der Waals surface area (Å²) in [5, 5.41) is 11.0. The first-order valence-corrected chi connectivity index (χ1v) is 6.68. The fraction of sp³-hybridized carbons (Fsp3) is 0.462. The topological polar surface area (TPSA) is 72.7 Å². The van der Waals surface area contributed by atoms with E-state index in [0.29, 0.717) is 13.2 Å². The summed E-state index contributed by atoms with van der Waals surface area (Å²) in [4.78, 5) is 24.0. The molecule has 1 aliphatic heterocycles. The Labute approximate surface area is 121 Å². The van der Waals surface area contributed by atoms with E-state index in [0.717, 1.165) is 12.8 Å². The number of halogens is 1. The largest absolute Gasteiger partial charge is 0.376 e. The maximum absolute atomic E-state index is 12.3.